The summed E-state index contributed by atoms with van der Waals surface area (Å²) >= 11 is 0. The van der Waals surface area contributed by atoms with Gasteiger partial charge in [-0.2, -0.15) is 0 Å². The molecule has 110 valence electrons. The van der Waals surface area contributed by atoms with Crippen LogP contribution in [0.25, 0.3) is 0 Å². The SMILES string of the molecule is CCOCCOCC(=O)CC(=O)OCc1ccccc1. The predicted octanol–water partition coefficient (Wildman–Crippen LogP) is 1.74. The molecule has 0 heterocycles. The van der Waals surface area contributed by atoms with E-state index in [-0.39, 0.29) is 25.4 Å². The summed E-state index contributed by atoms with van der Waals surface area (Å²) in [7, 11) is 0. The van der Waals surface area contributed by atoms with Gasteiger partial charge in [-0.1, -0.05) is 30.3 Å². The van der Waals surface area contributed by atoms with Crippen molar-refractivity contribution in [2.75, 3.05) is 26.4 Å². The van der Waals surface area contributed by atoms with E-state index in [1.54, 1.807) is 0 Å². The standard InChI is InChI=1S/C15H20O5/c1-2-18-8-9-19-12-14(16)10-15(17)20-11-13-6-4-3-5-7-13/h3-7H,2,8-12H2,1H3. The molecule has 20 heavy (non-hydrogen) atoms. The maximum absolute atomic E-state index is 11.4. The van der Waals surface area contributed by atoms with Crippen LogP contribution in [0.1, 0.15) is 18.9 Å². The number of carbonyl (C=O) groups excluding carboxylic acids is 2. The summed E-state index contributed by atoms with van der Waals surface area (Å²) in [6.07, 6.45) is -0.262. The topological polar surface area (TPSA) is 61.8 Å². The maximum Gasteiger partial charge on any atom is 0.313 e. The Hall–Kier alpha value is -1.72. The molecule has 0 spiro atoms. The number of ether oxygens (including phenoxy) is 3. The van der Waals surface area contributed by atoms with Crippen LogP contribution in [0, 0.1) is 0 Å². The van der Waals surface area contributed by atoms with Gasteiger partial charge in [0.15, 0.2) is 5.78 Å². The number of benzene rings is 1. The van der Waals surface area contributed by atoms with Crippen molar-refractivity contribution >= 4 is 11.8 Å². The lowest BCUT2D eigenvalue weighted by atomic mass is 10.2. The van der Waals surface area contributed by atoms with E-state index in [1.165, 1.54) is 0 Å². The Morgan fingerprint density at radius 3 is 2.45 bits per heavy atom. The predicted molar refractivity (Wildman–Crippen MR) is 73.2 cm³/mol. The van der Waals surface area contributed by atoms with Crippen molar-refractivity contribution in [1.29, 1.82) is 0 Å². The minimum absolute atomic E-state index is 0.0898. The summed E-state index contributed by atoms with van der Waals surface area (Å²) in [6.45, 7) is 3.38. The van der Waals surface area contributed by atoms with Crippen molar-refractivity contribution in [3.8, 4) is 0 Å². The third-order valence-electron chi connectivity index (χ3n) is 2.42. The fourth-order valence-corrected chi connectivity index (χ4v) is 1.45. The zero-order chi connectivity index (χ0) is 14.6. The highest BCUT2D eigenvalue weighted by molar-refractivity contribution is 5.96. The van der Waals surface area contributed by atoms with E-state index in [0.717, 1.165) is 5.56 Å². The van der Waals surface area contributed by atoms with Gasteiger partial charge >= 0.3 is 5.97 Å². The molecule has 1 aromatic carbocycles. The van der Waals surface area contributed by atoms with E-state index >= 15 is 0 Å². The average Bonchev–Trinajstić information content (AvgIpc) is 2.46. The van der Waals surface area contributed by atoms with Gasteiger partial charge in [-0.05, 0) is 12.5 Å². The lowest BCUT2D eigenvalue weighted by Gasteiger charge is -2.05. The van der Waals surface area contributed by atoms with Crippen LogP contribution in [-0.4, -0.2) is 38.2 Å². The molecule has 0 aromatic heterocycles. The minimum Gasteiger partial charge on any atom is -0.460 e. The van der Waals surface area contributed by atoms with Crippen LogP contribution in [0.5, 0.6) is 0 Å². The van der Waals surface area contributed by atoms with Gasteiger partial charge in [0.05, 0.1) is 13.2 Å². The Balaban J connectivity index is 2.10. The Bertz CT molecular complexity index is 402. The van der Waals surface area contributed by atoms with Crippen molar-refractivity contribution in [2.24, 2.45) is 0 Å². The summed E-state index contributed by atoms with van der Waals surface area (Å²) in [5.41, 5.74) is 0.890. The van der Waals surface area contributed by atoms with E-state index in [1.807, 2.05) is 37.3 Å². The first-order chi connectivity index (χ1) is 9.72. The van der Waals surface area contributed by atoms with E-state index in [0.29, 0.717) is 19.8 Å². The summed E-state index contributed by atoms with van der Waals surface area (Å²) in [5, 5.41) is 0. The highest BCUT2D eigenvalue weighted by atomic mass is 16.5. The van der Waals surface area contributed by atoms with Crippen LogP contribution >= 0.6 is 0 Å². The number of hydrogen-bond acceptors (Lipinski definition) is 5. The molecular formula is C15H20O5. The van der Waals surface area contributed by atoms with Gasteiger partial charge in [-0.25, -0.2) is 0 Å². The van der Waals surface area contributed by atoms with Crippen molar-refractivity contribution in [3.05, 3.63) is 35.9 Å². The van der Waals surface area contributed by atoms with Crippen molar-refractivity contribution in [2.45, 2.75) is 20.0 Å². The molecule has 5 heteroatoms. The molecule has 0 atom stereocenters. The Morgan fingerprint density at radius 1 is 1.05 bits per heavy atom. The fourth-order valence-electron chi connectivity index (χ4n) is 1.45. The third-order valence-corrected chi connectivity index (χ3v) is 2.42. The number of hydrogen-bond donors (Lipinski definition) is 0. The van der Waals surface area contributed by atoms with E-state index in [9.17, 15) is 9.59 Å². The number of esters is 1. The van der Waals surface area contributed by atoms with Gasteiger partial charge in [0.1, 0.15) is 19.6 Å². The molecule has 1 rings (SSSR count). The Kier molecular flexibility index (Phi) is 8.26. The molecule has 0 aliphatic rings. The number of rotatable bonds is 10. The molecule has 0 radical (unpaired) electrons. The third kappa shape index (κ3) is 7.66. The molecule has 0 saturated heterocycles. The van der Waals surface area contributed by atoms with Crippen LogP contribution in [-0.2, 0) is 30.4 Å². The minimum atomic E-state index is -0.535. The monoisotopic (exact) mass is 280 g/mol. The molecule has 0 unspecified atom stereocenters. The Morgan fingerprint density at radius 2 is 1.75 bits per heavy atom. The molecule has 0 bridgehead atoms. The number of ketones is 1. The smallest absolute Gasteiger partial charge is 0.313 e. The largest absolute Gasteiger partial charge is 0.460 e. The van der Waals surface area contributed by atoms with Gasteiger partial charge in [-0.15, -0.1) is 0 Å². The second kappa shape index (κ2) is 10.1. The van der Waals surface area contributed by atoms with Gasteiger partial charge < -0.3 is 14.2 Å². The summed E-state index contributed by atoms with van der Waals surface area (Å²) in [6, 6.07) is 9.31. The van der Waals surface area contributed by atoms with Crippen molar-refractivity contribution in [3.63, 3.8) is 0 Å². The summed E-state index contributed by atoms with van der Waals surface area (Å²) in [5.74, 6) is -0.827. The molecule has 0 amide bonds. The van der Waals surface area contributed by atoms with Crippen LogP contribution in [0.3, 0.4) is 0 Å². The van der Waals surface area contributed by atoms with Gasteiger partial charge in [0, 0.05) is 6.61 Å². The van der Waals surface area contributed by atoms with Crippen molar-refractivity contribution in [1.82, 2.24) is 0 Å². The number of carbonyl (C=O) groups is 2. The van der Waals surface area contributed by atoms with Gasteiger partial charge in [0.2, 0.25) is 0 Å². The second-order valence-corrected chi connectivity index (χ2v) is 4.11. The first kappa shape index (κ1) is 16.3. The van der Waals surface area contributed by atoms with Crippen LogP contribution in [0.2, 0.25) is 0 Å². The summed E-state index contributed by atoms with van der Waals surface area (Å²) in [4.78, 5) is 22.9. The number of Topliss-reactive ketones (excluding diaryl/α,β-unsaturated/α-hetero) is 1. The zero-order valence-electron chi connectivity index (χ0n) is 11.7. The Labute approximate surface area is 118 Å². The van der Waals surface area contributed by atoms with Gasteiger partial charge in [0.25, 0.3) is 0 Å². The lowest BCUT2D eigenvalue weighted by molar-refractivity contribution is -0.148. The molecule has 5 nitrogen and oxygen atoms in total. The zero-order valence-corrected chi connectivity index (χ0v) is 11.7. The fraction of sp³-hybridized carbons (Fsp3) is 0.467. The normalized spacial score (nSPS) is 10.2. The maximum atomic E-state index is 11.4. The molecule has 0 saturated carbocycles. The van der Waals surface area contributed by atoms with E-state index < -0.39 is 5.97 Å². The molecule has 0 fully saturated rings. The summed E-state index contributed by atoms with van der Waals surface area (Å²) < 4.78 is 15.1. The highest BCUT2D eigenvalue weighted by Crippen LogP contribution is 2.02. The first-order valence-corrected chi connectivity index (χ1v) is 6.59. The average molecular weight is 280 g/mol. The van der Waals surface area contributed by atoms with Gasteiger partial charge in [-0.3, -0.25) is 9.59 Å². The highest BCUT2D eigenvalue weighted by Gasteiger charge is 2.11. The lowest BCUT2D eigenvalue weighted by Crippen LogP contribution is -2.17. The van der Waals surface area contributed by atoms with E-state index in [2.05, 4.69) is 0 Å². The molecule has 0 aliphatic carbocycles. The van der Waals surface area contributed by atoms with Crippen LogP contribution < -0.4 is 0 Å². The first-order valence-electron chi connectivity index (χ1n) is 6.59. The molecule has 1 aromatic rings. The molecule has 0 aliphatic heterocycles. The van der Waals surface area contributed by atoms with Crippen molar-refractivity contribution < 1.29 is 23.8 Å². The quantitative estimate of drug-likeness (QED) is 0.371. The van der Waals surface area contributed by atoms with E-state index in [4.69, 9.17) is 14.2 Å². The van der Waals surface area contributed by atoms with Crippen LogP contribution in [0.4, 0.5) is 0 Å². The second-order valence-electron chi connectivity index (χ2n) is 4.11. The molecular weight excluding hydrogens is 260 g/mol. The molecule has 0 N–H and O–H groups in total. The van der Waals surface area contributed by atoms with Crippen LogP contribution in [0.15, 0.2) is 30.3 Å².